The molecule has 42 heavy (non-hydrogen) atoms. The number of H-pyrrole nitrogens is 1. The van der Waals surface area contributed by atoms with Gasteiger partial charge in [0.25, 0.3) is 0 Å². The summed E-state index contributed by atoms with van der Waals surface area (Å²) in [5.41, 5.74) is 1.99. The van der Waals surface area contributed by atoms with Crippen LogP contribution in [0.4, 0.5) is 4.79 Å². The van der Waals surface area contributed by atoms with Gasteiger partial charge in [-0.1, -0.05) is 44.7 Å². The van der Waals surface area contributed by atoms with Crippen molar-refractivity contribution in [2.45, 2.75) is 102 Å². The summed E-state index contributed by atoms with van der Waals surface area (Å²) < 4.78 is 11.9. The van der Waals surface area contributed by atoms with Crippen LogP contribution in [0.3, 0.4) is 0 Å². The molecule has 2 heterocycles. The number of carbonyl (C=O) groups excluding carboxylic acids is 2. The number of amides is 3. The second-order valence-corrected chi connectivity index (χ2v) is 12.0. The number of unbranched alkanes of at least 4 members (excludes halogenated alkanes) is 2. The molecule has 1 aliphatic carbocycles. The Kier molecular flexibility index (Phi) is 12.5. The third kappa shape index (κ3) is 9.21. The van der Waals surface area contributed by atoms with Gasteiger partial charge in [0.05, 0.1) is 19.0 Å². The minimum absolute atomic E-state index is 0.0201. The minimum Gasteiger partial charge on any atom is -0.497 e. The Morgan fingerprint density at radius 2 is 1.86 bits per heavy atom. The van der Waals surface area contributed by atoms with Crippen LogP contribution in [0.15, 0.2) is 36.8 Å². The number of methoxy groups -OCH3 is 1. The highest BCUT2D eigenvalue weighted by molar-refractivity contribution is 5.87. The van der Waals surface area contributed by atoms with Gasteiger partial charge >= 0.3 is 6.03 Å². The molecule has 3 amide bonds. The summed E-state index contributed by atoms with van der Waals surface area (Å²) in [6.07, 6.45) is 16.9. The molecule has 1 unspecified atom stereocenters. The highest BCUT2D eigenvalue weighted by atomic mass is 16.5. The van der Waals surface area contributed by atoms with E-state index in [0.717, 1.165) is 68.6 Å². The first-order valence-electron chi connectivity index (χ1n) is 16.1. The monoisotopic (exact) mass is 581 g/mol. The van der Waals surface area contributed by atoms with Crippen molar-refractivity contribution in [2.24, 2.45) is 5.92 Å². The first-order chi connectivity index (χ1) is 20.5. The molecule has 4 rings (SSSR count). The lowest BCUT2D eigenvalue weighted by Gasteiger charge is -2.48. The maximum Gasteiger partial charge on any atom is 0.315 e. The normalized spacial score (nSPS) is 17.9. The summed E-state index contributed by atoms with van der Waals surface area (Å²) in [7, 11) is 1.64. The van der Waals surface area contributed by atoms with E-state index in [-0.39, 0.29) is 17.5 Å². The number of aryl methyl sites for hydroxylation is 1. The maximum absolute atomic E-state index is 13.9. The van der Waals surface area contributed by atoms with Gasteiger partial charge < -0.3 is 30.0 Å². The van der Waals surface area contributed by atoms with Crippen molar-refractivity contribution in [3.05, 3.63) is 48.0 Å². The third-order valence-corrected chi connectivity index (χ3v) is 9.03. The minimum atomic E-state index is -0.641. The number of piperidine rings is 1. The number of likely N-dealkylation sites (tertiary alicyclic amines) is 1. The van der Waals surface area contributed by atoms with Gasteiger partial charge in [0.1, 0.15) is 11.8 Å². The predicted octanol–water partition coefficient (Wildman–Crippen LogP) is 5.41. The molecule has 9 heteroatoms. The fourth-order valence-electron chi connectivity index (χ4n) is 6.58. The average Bonchev–Trinajstić information content (AvgIpc) is 3.56. The molecule has 1 aromatic heterocycles. The molecule has 2 aromatic rings. The van der Waals surface area contributed by atoms with Crippen molar-refractivity contribution >= 4 is 11.9 Å². The number of nitrogens with one attached hydrogen (secondary N) is 3. The van der Waals surface area contributed by atoms with E-state index >= 15 is 0 Å². The maximum atomic E-state index is 13.9. The van der Waals surface area contributed by atoms with E-state index in [1.165, 1.54) is 32.1 Å². The van der Waals surface area contributed by atoms with E-state index in [1.807, 2.05) is 35.4 Å². The Morgan fingerprint density at radius 3 is 2.52 bits per heavy atom. The highest BCUT2D eigenvalue weighted by Gasteiger charge is 2.44. The molecule has 3 N–H and O–H groups in total. The number of carbonyl (C=O) groups is 2. The topological polar surface area (TPSA) is 109 Å². The van der Waals surface area contributed by atoms with Gasteiger partial charge in [0.2, 0.25) is 5.91 Å². The molecule has 1 saturated heterocycles. The summed E-state index contributed by atoms with van der Waals surface area (Å²) in [5, 5.41) is 5.97. The summed E-state index contributed by atoms with van der Waals surface area (Å²) in [5.74, 6) is 1.32. The number of hydrogen-bond donors (Lipinski definition) is 3. The summed E-state index contributed by atoms with van der Waals surface area (Å²) in [6.45, 7) is 4.83. The van der Waals surface area contributed by atoms with Crippen molar-refractivity contribution in [1.29, 1.82) is 0 Å². The zero-order valence-electron chi connectivity index (χ0n) is 25.7. The van der Waals surface area contributed by atoms with Gasteiger partial charge in [-0.25, -0.2) is 9.78 Å². The number of urea groups is 1. The molecule has 0 bridgehead atoms. The molecule has 1 atom stereocenters. The van der Waals surface area contributed by atoms with E-state index in [4.69, 9.17) is 9.47 Å². The first kappa shape index (κ1) is 31.9. The summed E-state index contributed by atoms with van der Waals surface area (Å²) in [6, 6.07) is 6.77. The lowest BCUT2D eigenvalue weighted by Crippen LogP contribution is -2.57. The van der Waals surface area contributed by atoms with Crippen LogP contribution in [-0.4, -0.2) is 71.8 Å². The third-order valence-electron chi connectivity index (χ3n) is 9.03. The van der Waals surface area contributed by atoms with Crippen LogP contribution in [0.1, 0.15) is 88.8 Å². The van der Waals surface area contributed by atoms with E-state index in [9.17, 15) is 9.59 Å². The summed E-state index contributed by atoms with van der Waals surface area (Å²) >= 11 is 0. The molecule has 1 aliphatic heterocycles. The SMILES string of the molecule is CCCOC1(C2CCCCC2)CCN(C(=O)C(Cc2ccc(OC)cc2)NC(=O)NCCCCCc2cnc[nH]2)CC1. The molecule has 1 aromatic carbocycles. The molecule has 0 spiro atoms. The number of rotatable bonds is 15. The Morgan fingerprint density at radius 1 is 1.10 bits per heavy atom. The Bertz CT molecular complexity index is 1060. The van der Waals surface area contributed by atoms with Crippen molar-refractivity contribution in [3.63, 3.8) is 0 Å². The van der Waals surface area contributed by atoms with E-state index in [0.29, 0.717) is 32.0 Å². The quantitative estimate of drug-likeness (QED) is 0.244. The molecule has 2 fully saturated rings. The fraction of sp³-hybridized carbons (Fsp3) is 0.667. The van der Waals surface area contributed by atoms with Crippen molar-refractivity contribution in [1.82, 2.24) is 25.5 Å². The number of hydrogen-bond acceptors (Lipinski definition) is 5. The van der Waals surface area contributed by atoms with Crippen LogP contribution in [0.2, 0.25) is 0 Å². The zero-order valence-corrected chi connectivity index (χ0v) is 25.7. The second-order valence-electron chi connectivity index (χ2n) is 12.0. The molecule has 2 aliphatic rings. The molecule has 1 saturated carbocycles. The van der Waals surface area contributed by atoms with E-state index in [1.54, 1.807) is 13.4 Å². The standard InChI is InChI=1S/C33H51N5O4/c1-3-22-42-33(27-10-6-4-7-11-27)17-20-38(21-18-33)31(39)30(23-26-13-15-29(41-2)16-14-26)37-32(40)35-19-9-5-8-12-28-24-34-25-36-28/h13-16,24-25,27,30H,3-12,17-23H2,1-2H3,(H,34,36)(H2,35,37,40). The van der Waals surface area contributed by atoms with Gasteiger partial charge in [-0.15, -0.1) is 0 Å². The van der Waals surface area contributed by atoms with Crippen molar-refractivity contribution in [3.8, 4) is 5.75 Å². The molecule has 0 radical (unpaired) electrons. The van der Waals surface area contributed by atoms with Crippen LogP contribution in [-0.2, 0) is 22.4 Å². The number of benzene rings is 1. The Balaban J connectivity index is 1.33. The van der Waals surface area contributed by atoms with Gasteiger partial charge in [-0.3, -0.25) is 4.79 Å². The van der Waals surface area contributed by atoms with Gasteiger partial charge in [0, 0.05) is 44.6 Å². The van der Waals surface area contributed by atoms with Crippen LogP contribution in [0.5, 0.6) is 5.75 Å². The lowest BCUT2D eigenvalue weighted by atomic mass is 9.72. The molecular weight excluding hydrogens is 530 g/mol. The fourth-order valence-corrected chi connectivity index (χ4v) is 6.58. The average molecular weight is 582 g/mol. The number of nitrogens with zero attached hydrogens (tertiary/aromatic N) is 2. The smallest absolute Gasteiger partial charge is 0.315 e. The molecule has 9 nitrogen and oxygen atoms in total. The second kappa shape index (κ2) is 16.5. The Labute approximate surface area is 251 Å². The zero-order chi connectivity index (χ0) is 29.6. The first-order valence-corrected chi connectivity index (χ1v) is 16.1. The Hall–Kier alpha value is -3.07. The number of imidazole rings is 1. The highest BCUT2D eigenvalue weighted by Crippen LogP contribution is 2.42. The van der Waals surface area contributed by atoms with Gasteiger partial charge in [0.15, 0.2) is 0 Å². The number of aromatic nitrogens is 2. The van der Waals surface area contributed by atoms with E-state index in [2.05, 4.69) is 27.5 Å². The number of aromatic amines is 1. The van der Waals surface area contributed by atoms with E-state index < -0.39 is 6.04 Å². The van der Waals surface area contributed by atoms with Crippen molar-refractivity contribution in [2.75, 3.05) is 33.4 Å². The predicted molar refractivity (Wildman–Crippen MR) is 165 cm³/mol. The number of ether oxygens (including phenoxy) is 2. The summed E-state index contributed by atoms with van der Waals surface area (Å²) in [4.78, 5) is 35.9. The largest absolute Gasteiger partial charge is 0.497 e. The van der Waals surface area contributed by atoms with Crippen LogP contribution in [0, 0.1) is 5.92 Å². The molecular formula is C33H51N5O4. The molecule has 232 valence electrons. The van der Waals surface area contributed by atoms with Crippen LogP contribution in [0.25, 0.3) is 0 Å². The van der Waals surface area contributed by atoms with Gasteiger partial charge in [-0.2, -0.15) is 0 Å². The van der Waals surface area contributed by atoms with Crippen LogP contribution >= 0.6 is 0 Å². The van der Waals surface area contributed by atoms with Gasteiger partial charge in [-0.05, 0) is 75.0 Å². The van der Waals surface area contributed by atoms with Crippen molar-refractivity contribution < 1.29 is 19.1 Å². The van der Waals surface area contributed by atoms with Crippen LogP contribution < -0.4 is 15.4 Å². The lowest BCUT2D eigenvalue weighted by molar-refractivity contribution is -0.149.